The smallest absolute Gasteiger partial charge is 0.356 e. The Balaban J connectivity index is 2.29. The maximum Gasteiger partial charge on any atom is 0.356 e. The van der Waals surface area contributed by atoms with Gasteiger partial charge in [0.15, 0.2) is 0 Å². The number of aryl methyl sites for hydroxylation is 3. The molecule has 0 aliphatic carbocycles. The van der Waals surface area contributed by atoms with Crippen molar-refractivity contribution in [1.29, 1.82) is 0 Å². The number of esters is 1. The van der Waals surface area contributed by atoms with Crippen LogP contribution in [0.5, 0.6) is 0 Å². The van der Waals surface area contributed by atoms with Crippen molar-refractivity contribution in [2.24, 2.45) is 0 Å². The van der Waals surface area contributed by atoms with Crippen molar-refractivity contribution < 1.29 is 14.3 Å². The van der Waals surface area contributed by atoms with Crippen LogP contribution in [0.15, 0.2) is 30.3 Å². The van der Waals surface area contributed by atoms with E-state index in [1.165, 1.54) is 13.2 Å². The number of carbonyl (C=O) groups excluding carboxylic acids is 2. The highest BCUT2D eigenvalue weighted by Crippen LogP contribution is 2.22. The lowest BCUT2D eigenvalue weighted by Crippen LogP contribution is -2.17. The van der Waals surface area contributed by atoms with E-state index in [2.05, 4.69) is 15.0 Å². The molecule has 1 amide bonds. The Morgan fingerprint density at radius 2 is 1.64 bits per heavy atom. The van der Waals surface area contributed by atoms with Crippen molar-refractivity contribution >= 4 is 17.6 Å². The van der Waals surface area contributed by atoms with Gasteiger partial charge in [0.1, 0.15) is 11.4 Å². The summed E-state index contributed by atoms with van der Waals surface area (Å²) < 4.78 is 4.61. The van der Waals surface area contributed by atoms with E-state index in [1.54, 1.807) is 12.1 Å². The van der Waals surface area contributed by atoms with Crippen LogP contribution < -0.4 is 5.32 Å². The molecule has 0 fully saturated rings. The average Bonchev–Trinajstić information content (AvgIpc) is 2.50. The summed E-state index contributed by atoms with van der Waals surface area (Å²) >= 11 is 0. The topological polar surface area (TPSA) is 68.3 Å². The number of ether oxygens (including phenoxy) is 1. The minimum Gasteiger partial charge on any atom is -0.464 e. The van der Waals surface area contributed by atoms with Crippen LogP contribution in [0.25, 0.3) is 0 Å². The van der Waals surface area contributed by atoms with Crippen molar-refractivity contribution in [3.8, 4) is 0 Å². The van der Waals surface area contributed by atoms with Crippen LogP contribution in [0.3, 0.4) is 0 Å². The molecule has 5 nitrogen and oxygen atoms in total. The van der Waals surface area contributed by atoms with Gasteiger partial charge in [-0.05, 0) is 44.0 Å². The lowest BCUT2D eigenvalue weighted by Gasteiger charge is -2.12. The van der Waals surface area contributed by atoms with Crippen LogP contribution in [0.4, 0.5) is 5.69 Å². The van der Waals surface area contributed by atoms with E-state index in [9.17, 15) is 9.59 Å². The Bertz CT molecular complexity index is 715. The summed E-state index contributed by atoms with van der Waals surface area (Å²) in [6.45, 7) is 5.88. The Kier molecular flexibility index (Phi) is 4.56. The summed E-state index contributed by atoms with van der Waals surface area (Å²) in [4.78, 5) is 27.8. The second-order valence-electron chi connectivity index (χ2n) is 5.13. The Hall–Kier alpha value is -2.69. The molecule has 0 radical (unpaired) electrons. The molecule has 1 aromatic carbocycles. The zero-order chi connectivity index (χ0) is 16.3. The number of benzene rings is 1. The highest BCUT2D eigenvalue weighted by atomic mass is 16.5. The minimum atomic E-state index is -0.572. The Morgan fingerprint density at radius 3 is 2.23 bits per heavy atom. The van der Waals surface area contributed by atoms with E-state index >= 15 is 0 Å². The summed E-state index contributed by atoms with van der Waals surface area (Å²) in [7, 11) is 1.27. The van der Waals surface area contributed by atoms with Crippen LogP contribution in [-0.2, 0) is 4.74 Å². The normalized spacial score (nSPS) is 10.2. The standard InChI is InChI=1S/C17H18N2O3/c1-10-8-11(2)15(12(3)9-10)19-16(20)13-6-5-7-14(18-13)17(21)22-4/h5-9H,1-4H3,(H,19,20). The fourth-order valence-corrected chi connectivity index (χ4v) is 2.33. The summed E-state index contributed by atoms with van der Waals surface area (Å²) in [5, 5.41) is 2.85. The summed E-state index contributed by atoms with van der Waals surface area (Å²) in [5.41, 5.74) is 4.14. The predicted octanol–water partition coefficient (Wildman–Crippen LogP) is 3.05. The van der Waals surface area contributed by atoms with E-state index in [1.807, 2.05) is 32.9 Å². The van der Waals surface area contributed by atoms with Crippen molar-refractivity contribution in [3.63, 3.8) is 0 Å². The van der Waals surface area contributed by atoms with Gasteiger partial charge in [-0.3, -0.25) is 4.79 Å². The highest BCUT2D eigenvalue weighted by Gasteiger charge is 2.14. The van der Waals surface area contributed by atoms with Crippen molar-refractivity contribution in [3.05, 3.63) is 58.4 Å². The number of nitrogens with zero attached hydrogens (tertiary/aromatic N) is 1. The molecule has 114 valence electrons. The third-order valence-electron chi connectivity index (χ3n) is 3.29. The van der Waals surface area contributed by atoms with E-state index < -0.39 is 5.97 Å². The number of amides is 1. The molecule has 5 heteroatoms. The van der Waals surface area contributed by atoms with Gasteiger partial charge in [0, 0.05) is 5.69 Å². The van der Waals surface area contributed by atoms with E-state index in [4.69, 9.17) is 0 Å². The molecular weight excluding hydrogens is 280 g/mol. The van der Waals surface area contributed by atoms with Gasteiger partial charge in [0.2, 0.25) is 0 Å². The zero-order valence-corrected chi connectivity index (χ0v) is 13.1. The quantitative estimate of drug-likeness (QED) is 0.884. The highest BCUT2D eigenvalue weighted by molar-refractivity contribution is 6.04. The molecule has 0 spiro atoms. The molecule has 0 aliphatic heterocycles. The SMILES string of the molecule is COC(=O)c1cccc(C(=O)Nc2c(C)cc(C)cc2C)n1. The van der Waals surface area contributed by atoms with Crippen LogP contribution in [0.2, 0.25) is 0 Å². The lowest BCUT2D eigenvalue weighted by atomic mass is 10.0. The average molecular weight is 298 g/mol. The predicted molar refractivity (Wildman–Crippen MR) is 84.2 cm³/mol. The molecule has 0 saturated heterocycles. The number of nitrogens with one attached hydrogen (secondary N) is 1. The second-order valence-corrected chi connectivity index (χ2v) is 5.13. The van der Waals surface area contributed by atoms with Crippen molar-refractivity contribution in [1.82, 2.24) is 4.98 Å². The first kappa shape index (κ1) is 15.7. The third kappa shape index (κ3) is 3.31. The van der Waals surface area contributed by atoms with Gasteiger partial charge in [0.05, 0.1) is 7.11 Å². The Labute approximate surface area is 129 Å². The lowest BCUT2D eigenvalue weighted by molar-refractivity contribution is 0.0594. The maximum absolute atomic E-state index is 12.3. The molecule has 0 bridgehead atoms. The molecule has 0 aliphatic rings. The van der Waals surface area contributed by atoms with Gasteiger partial charge in [0.25, 0.3) is 5.91 Å². The molecular formula is C17H18N2O3. The fourth-order valence-electron chi connectivity index (χ4n) is 2.33. The van der Waals surface area contributed by atoms with Crippen molar-refractivity contribution in [2.45, 2.75) is 20.8 Å². The molecule has 1 N–H and O–H groups in total. The monoisotopic (exact) mass is 298 g/mol. The molecule has 0 atom stereocenters. The van der Waals surface area contributed by atoms with Gasteiger partial charge in [-0.2, -0.15) is 0 Å². The maximum atomic E-state index is 12.3. The number of hydrogen-bond acceptors (Lipinski definition) is 4. The van der Waals surface area contributed by atoms with Crippen molar-refractivity contribution in [2.75, 3.05) is 12.4 Å². The molecule has 2 rings (SSSR count). The number of methoxy groups -OCH3 is 1. The van der Waals surface area contributed by atoms with Gasteiger partial charge < -0.3 is 10.1 Å². The summed E-state index contributed by atoms with van der Waals surface area (Å²) in [5.74, 6) is -0.932. The van der Waals surface area contributed by atoms with Crippen LogP contribution in [-0.4, -0.2) is 24.0 Å². The number of aromatic nitrogens is 1. The number of carbonyl (C=O) groups is 2. The molecule has 2 aromatic rings. The number of anilines is 1. The van der Waals surface area contributed by atoms with E-state index in [-0.39, 0.29) is 17.3 Å². The number of hydrogen-bond donors (Lipinski definition) is 1. The first-order valence-corrected chi connectivity index (χ1v) is 6.87. The fraction of sp³-hybridized carbons (Fsp3) is 0.235. The summed E-state index contributed by atoms with van der Waals surface area (Å²) in [6.07, 6.45) is 0. The summed E-state index contributed by atoms with van der Waals surface area (Å²) in [6, 6.07) is 8.66. The Morgan fingerprint density at radius 1 is 1.05 bits per heavy atom. The zero-order valence-electron chi connectivity index (χ0n) is 13.1. The molecule has 0 unspecified atom stereocenters. The molecule has 0 saturated carbocycles. The van der Waals surface area contributed by atoms with E-state index in [0.717, 1.165) is 22.4 Å². The molecule has 22 heavy (non-hydrogen) atoms. The van der Waals surface area contributed by atoms with Gasteiger partial charge in [-0.15, -0.1) is 0 Å². The largest absolute Gasteiger partial charge is 0.464 e. The number of pyridine rings is 1. The third-order valence-corrected chi connectivity index (χ3v) is 3.29. The number of rotatable bonds is 3. The van der Waals surface area contributed by atoms with Crippen LogP contribution >= 0.6 is 0 Å². The second kappa shape index (κ2) is 6.39. The van der Waals surface area contributed by atoms with Gasteiger partial charge in [-0.1, -0.05) is 23.8 Å². The first-order valence-electron chi connectivity index (χ1n) is 6.87. The first-order chi connectivity index (χ1) is 10.4. The van der Waals surface area contributed by atoms with Crippen LogP contribution in [0, 0.1) is 20.8 Å². The minimum absolute atomic E-state index is 0.104. The van der Waals surface area contributed by atoms with Gasteiger partial charge in [-0.25, -0.2) is 9.78 Å². The van der Waals surface area contributed by atoms with Crippen LogP contribution in [0.1, 0.15) is 37.7 Å². The molecule has 1 heterocycles. The van der Waals surface area contributed by atoms with Gasteiger partial charge >= 0.3 is 5.97 Å². The van der Waals surface area contributed by atoms with E-state index in [0.29, 0.717) is 0 Å². The molecule has 1 aromatic heterocycles.